The van der Waals surface area contributed by atoms with Gasteiger partial charge in [-0.2, -0.15) is 0 Å². The Kier molecular flexibility index (Phi) is 4.77. The van der Waals surface area contributed by atoms with Crippen LogP contribution in [0.4, 0.5) is 0 Å². The van der Waals surface area contributed by atoms with Crippen molar-refractivity contribution in [2.45, 2.75) is 11.5 Å². The number of ether oxygens (including phenoxy) is 1. The maximum absolute atomic E-state index is 12.0. The number of carbonyl (C=O) groups is 1. The van der Waals surface area contributed by atoms with Gasteiger partial charge in [0.25, 0.3) is 10.0 Å². The summed E-state index contributed by atoms with van der Waals surface area (Å²) in [4.78, 5) is 10.5. The second-order valence-electron chi connectivity index (χ2n) is 4.23. The number of hydrogen-bond acceptors (Lipinski definition) is 5. The molecule has 0 saturated carbocycles. The van der Waals surface area contributed by atoms with Gasteiger partial charge >= 0.3 is 0 Å². The Morgan fingerprint density at radius 3 is 2.67 bits per heavy atom. The van der Waals surface area contributed by atoms with Crippen molar-refractivity contribution in [2.24, 2.45) is 0 Å². The maximum atomic E-state index is 12.0. The van der Waals surface area contributed by atoms with Crippen LogP contribution in [0.1, 0.15) is 16.1 Å². The van der Waals surface area contributed by atoms with Gasteiger partial charge in [-0.05, 0) is 30.2 Å². The van der Waals surface area contributed by atoms with Gasteiger partial charge in [0.1, 0.15) is 5.75 Å². The Morgan fingerprint density at radius 1 is 1.24 bits per heavy atom. The van der Waals surface area contributed by atoms with E-state index in [2.05, 4.69) is 4.72 Å². The molecular formula is C14H15NO5S. The first-order valence-corrected chi connectivity index (χ1v) is 7.71. The predicted octanol–water partition coefficient (Wildman–Crippen LogP) is 1.62. The standard InChI is InChI=1S/C14H15NO5S/c1-19-13-5-3-2-4-11(13)8-9-15-21(17,18)14-7-6-12(10-16)20-14/h2-7,10,15H,8-9H2,1H3. The third-order valence-corrected chi connectivity index (χ3v) is 4.20. The van der Waals surface area contributed by atoms with Gasteiger partial charge in [0.2, 0.25) is 5.09 Å². The minimum atomic E-state index is -3.76. The second kappa shape index (κ2) is 6.55. The third kappa shape index (κ3) is 3.71. The molecule has 1 N–H and O–H groups in total. The van der Waals surface area contributed by atoms with Crippen LogP contribution in [-0.2, 0) is 16.4 Å². The molecule has 1 aromatic carbocycles. The average Bonchev–Trinajstić information content (AvgIpc) is 2.97. The number of aldehydes is 1. The largest absolute Gasteiger partial charge is 0.496 e. The Bertz CT molecular complexity index is 720. The molecule has 1 heterocycles. The Morgan fingerprint density at radius 2 is 2.00 bits per heavy atom. The van der Waals surface area contributed by atoms with Crippen molar-refractivity contribution < 1.29 is 22.4 Å². The van der Waals surface area contributed by atoms with Crippen LogP contribution in [0, 0.1) is 0 Å². The zero-order chi connectivity index (χ0) is 15.3. The van der Waals surface area contributed by atoms with E-state index in [1.165, 1.54) is 12.1 Å². The number of benzene rings is 1. The lowest BCUT2D eigenvalue weighted by atomic mass is 10.1. The van der Waals surface area contributed by atoms with Crippen molar-refractivity contribution >= 4 is 16.3 Å². The van der Waals surface area contributed by atoms with E-state index in [-0.39, 0.29) is 17.4 Å². The Hall–Kier alpha value is -2.12. The number of methoxy groups -OCH3 is 1. The van der Waals surface area contributed by atoms with E-state index in [1.807, 2.05) is 24.3 Å². The van der Waals surface area contributed by atoms with Crippen LogP contribution in [0.25, 0.3) is 0 Å². The summed E-state index contributed by atoms with van der Waals surface area (Å²) in [5, 5.41) is -0.273. The topological polar surface area (TPSA) is 85.6 Å². The van der Waals surface area contributed by atoms with Crippen molar-refractivity contribution in [3.63, 3.8) is 0 Å². The van der Waals surface area contributed by atoms with Crippen LogP contribution in [0.2, 0.25) is 0 Å². The number of hydrogen-bond donors (Lipinski definition) is 1. The van der Waals surface area contributed by atoms with E-state index in [9.17, 15) is 13.2 Å². The summed E-state index contributed by atoms with van der Waals surface area (Å²) in [6.07, 6.45) is 0.929. The minimum absolute atomic E-state index is 0.0277. The molecule has 0 atom stereocenters. The first-order valence-electron chi connectivity index (χ1n) is 6.23. The van der Waals surface area contributed by atoms with E-state index in [0.29, 0.717) is 18.5 Å². The van der Waals surface area contributed by atoms with Crippen LogP contribution in [0.15, 0.2) is 45.9 Å². The van der Waals surface area contributed by atoms with Gasteiger partial charge in [0.15, 0.2) is 12.0 Å². The molecule has 2 aromatic rings. The summed E-state index contributed by atoms with van der Waals surface area (Å²) in [5.74, 6) is 0.679. The van der Waals surface area contributed by atoms with Gasteiger partial charge in [-0.25, -0.2) is 13.1 Å². The molecule has 0 unspecified atom stereocenters. The summed E-state index contributed by atoms with van der Waals surface area (Å²) < 4.78 is 36.4. The lowest BCUT2D eigenvalue weighted by Crippen LogP contribution is -2.25. The zero-order valence-electron chi connectivity index (χ0n) is 11.4. The second-order valence-corrected chi connectivity index (χ2v) is 5.93. The molecule has 0 aliphatic heterocycles. The first-order chi connectivity index (χ1) is 10.1. The van der Waals surface area contributed by atoms with E-state index in [1.54, 1.807) is 7.11 Å². The number of furan rings is 1. The molecule has 112 valence electrons. The van der Waals surface area contributed by atoms with E-state index < -0.39 is 10.0 Å². The fraction of sp³-hybridized carbons (Fsp3) is 0.214. The Balaban J connectivity index is 2.00. The van der Waals surface area contributed by atoms with Crippen molar-refractivity contribution in [3.05, 3.63) is 47.7 Å². The van der Waals surface area contributed by atoms with Gasteiger partial charge in [-0.1, -0.05) is 18.2 Å². The molecule has 21 heavy (non-hydrogen) atoms. The van der Waals surface area contributed by atoms with E-state index in [4.69, 9.17) is 9.15 Å². The van der Waals surface area contributed by atoms with Gasteiger partial charge in [-0.15, -0.1) is 0 Å². The highest BCUT2D eigenvalue weighted by atomic mass is 32.2. The summed E-state index contributed by atoms with van der Waals surface area (Å²) in [5.41, 5.74) is 0.899. The van der Waals surface area contributed by atoms with Crippen molar-refractivity contribution in [1.29, 1.82) is 0 Å². The lowest BCUT2D eigenvalue weighted by molar-refractivity contribution is 0.109. The van der Waals surface area contributed by atoms with Crippen LogP contribution in [-0.4, -0.2) is 28.4 Å². The fourth-order valence-corrected chi connectivity index (χ4v) is 2.81. The average molecular weight is 309 g/mol. The van der Waals surface area contributed by atoms with Gasteiger partial charge < -0.3 is 9.15 Å². The first kappa shape index (κ1) is 15.3. The zero-order valence-corrected chi connectivity index (χ0v) is 12.2. The van der Waals surface area contributed by atoms with E-state index in [0.717, 1.165) is 5.56 Å². The van der Waals surface area contributed by atoms with Gasteiger partial charge in [0.05, 0.1) is 7.11 Å². The number of nitrogens with one attached hydrogen (secondary N) is 1. The molecule has 0 radical (unpaired) electrons. The van der Waals surface area contributed by atoms with Crippen LogP contribution in [0.3, 0.4) is 0 Å². The van der Waals surface area contributed by atoms with Gasteiger partial charge in [0, 0.05) is 6.54 Å². The van der Waals surface area contributed by atoms with Crippen molar-refractivity contribution in [1.82, 2.24) is 4.72 Å². The summed E-state index contributed by atoms with van der Waals surface area (Å²) in [6.45, 7) is 0.194. The molecule has 0 bridgehead atoms. The SMILES string of the molecule is COc1ccccc1CCNS(=O)(=O)c1ccc(C=O)o1. The lowest BCUT2D eigenvalue weighted by Gasteiger charge is -2.08. The summed E-state index contributed by atoms with van der Waals surface area (Å²) in [7, 11) is -2.19. The summed E-state index contributed by atoms with van der Waals surface area (Å²) in [6, 6.07) is 9.93. The molecule has 0 spiro atoms. The summed E-state index contributed by atoms with van der Waals surface area (Å²) >= 11 is 0. The number of rotatable bonds is 7. The number of carbonyl (C=O) groups excluding carboxylic acids is 1. The molecule has 7 heteroatoms. The Labute approximate surface area is 122 Å². The highest BCUT2D eigenvalue weighted by Crippen LogP contribution is 2.18. The highest BCUT2D eigenvalue weighted by molar-refractivity contribution is 7.89. The molecular weight excluding hydrogens is 294 g/mol. The smallest absolute Gasteiger partial charge is 0.273 e. The molecule has 2 rings (SSSR count). The van der Waals surface area contributed by atoms with Crippen LogP contribution in [0.5, 0.6) is 5.75 Å². The fourth-order valence-electron chi connectivity index (χ4n) is 1.84. The predicted molar refractivity (Wildman–Crippen MR) is 76.0 cm³/mol. The van der Waals surface area contributed by atoms with Gasteiger partial charge in [-0.3, -0.25) is 4.79 Å². The van der Waals surface area contributed by atoms with Crippen molar-refractivity contribution in [3.8, 4) is 5.75 Å². The third-order valence-electron chi connectivity index (χ3n) is 2.86. The molecule has 0 saturated heterocycles. The van der Waals surface area contributed by atoms with Crippen LogP contribution < -0.4 is 9.46 Å². The maximum Gasteiger partial charge on any atom is 0.273 e. The molecule has 0 aliphatic carbocycles. The van der Waals surface area contributed by atoms with E-state index >= 15 is 0 Å². The molecule has 1 aromatic heterocycles. The normalized spacial score (nSPS) is 11.3. The number of para-hydroxylation sites is 1. The highest BCUT2D eigenvalue weighted by Gasteiger charge is 2.18. The van der Waals surface area contributed by atoms with Crippen molar-refractivity contribution in [2.75, 3.05) is 13.7 Å². The minimum Gasteiger partial charge on any atom is -0.496 e. The molecule has 0 amide bonds. The quantitative estimate of drug-likeness (QED) is 0.786. The number of sulfonamides is 1. The molecule has 6 nitrogen and oxygen atoms in total. The molecule has 0 fully saturated rings. The monoisotopic (exact) mass is 309 g/mol. The van der Waals surface area contributed by atoms with Crippen LogP contribution >= 0.6 is 0 Å². The molecule has 0 aliphatic rings.